The molecule has 1 aliphatic carbocycles. The van der Waals surface area contributed by atoms with Crippen LogP contribution in [0.25, 0.3) is 10.2 Å². The second-order valence-corrected chi connectivity index (χ2v) is 8.81. The molecule has 3 nitrogen and oxygen atoms in total. The summed E-state index contributed by atoms with van der Waals surface area (Å²) in [4.78, 5) is 19.6. The highest BCUT2D eigenvalue weighted by atomic mass is 32.2. The average Bonchev–Trinajstić information content (AvgIpc) is 2.79. The number of hydrogen-bond donors (Lipinski definition) is 0. The Morgan fingerprint density at radius 2 is 2.10 bits per heavy atom. The van der Waals surface area contributed by atoms with Gasteiger partial charge < -0.3 is 0 Å². The fourth-order valence-electron chi connectivity index (χ4n) is 3.21. The maximum atomic E-state index is 12.6. The van der Waals surface area contributed by atoms with Crippen LogP contribution in [-0.2, 0) is 19.9 Å². The Bertz CT molecular complexity index is 752. The lowest BCUT2D eigenvalue weighted by molar-refractivity contribution is 0.218. The van der Waals surface area contributed by atoms with Crippen LogP contribution in [0, 0.1) is 11.3 Å². The van der Waals surface area contributed by atoms with Crippen LogP contribution in [0.2, 0.25) is 0 Å². The summed E-state index contributed by atoms with van der Waals surface area (Å²) in [5, 5.41) is 1.68. The zero-order valence-corrected chi connectivity index (χ0v) is 15.0. The minimum atomic E-state index is 0.121. The average molecular weight is 322 g/mol. The highest BCUT2D eigenvalue weighted by Crippen LogP contribution is 2.42. The highest BCUT2D eigenvalue weighted by molar-refractivity contribution is 7.98. The standard InChI is InChI=1S/C16H22N2OS2/c1-16(2,3)9-6-7-10-11(8-9)21-13-12(10)14(19)18(4)15(17-13)20-5/h9H,6-8H2,1-5H3/t9-/m0/s1. The van der Waals surface area contributed by atoms with E-state index in [1.807, 2.05) is 13.3 Å². The van der Waals surface area contributed by atoms with Gasteiger partial charge >= 0.3 is 0 Å². The molecule has 0 saturated carbocycles. The first-order valence-corrected chi connectivity index (χ1v) is 9.42. The molecule has 2 aromatic heterocycles. The summed E-state index contributed by atoms with van der Waals surface area (Å²) >= 11 is 3.27. The summed E-state index contributed by atoms with van der Waals surface area (Å²) in [6, 6.07) is 0. The number of aromatic nitrogens is 2. The minimum Gasteiger partial charge on any atom is -0.290 e. The predicted octanol–water partition coefficient (Wildman–Crippen LogP) is 3.87. The maximum Gasteiger partial charge on any atom is 0.262 e. The molecule has 0 spiro atoms. The second kappa shape index (κ2) is 5.13. The van der Waals surface area contributed by atoms with E-state index in [0.717, 1.165) is 28.2 Å². The number of thioether (sulfide) groups is 1. The highest BCUT2D eigenvalue weighted by Gasteiger charge is 2.31. The van der Waals surface area contributed by atoms with Gasteiger partial charge in [0.05, 0.1) is 5.39 Å². The van der Waals surface area contributed by atoms with Crippen LogP contribution in [0.3, 0.4) is 0 Å². The maximum absolute atomic E-state index is 12.6. The summed E-state index contributed by atoms with van der Waals surface area (Å²) in [6.07, 6.45) is 5.26. The lowest BCUT2D eigenvalue weighted by Crippen LogP contribution is -2.27. The van der Waals surface area contributed by atoms with Crippen molar-refractivity contribution in [2.75, 3.05) is 6.26 Å². The molecule has 3 rings (SSSR count). The van der Waals surface area contributed by atoms with Gasteiger partial charge in [-0.2, -0.15) is 0 Å². The van der Waals surface area contributed by atoms with Crippen molar-refractivity contribution < 1.29 is 0 Å². The number of aryl methyl sites for hydroxylation is 1. The Morgan fingerprint density at radius 3 is 2.71 bits per heavy atom. The summed E-state index contributed by atoms with van der Waals surface area (Å²) in [5.74, 6) is 0.696. The number of thiophene rings is 1. The first-order valence-electron chi connectivity index (χ1n) is 7.38. The summed E-state index contributed by atoms with van der Waals surface area (Å²) in [6.45, 7) is 6.96. The molecule has 5 heteroatoms. The molecule has 1 aliphatic rings. The summed E-state index contributed by atoms with van der Waals surface area (Å²) < 4.78 is 1.69. The molecule has 2 aromatic rings. The van der Waals surface area contributed by atoms with Gasteiger partial charge in [-0.25, -0.2) is 4.98 Å². The van der Waals surface area contributed by atoms with Gasteiger partial charge in [-0.15, -0.1) is 11.3 Å². The van der Waals surface area contributed by atoms with E-state index in [2.05, 4.69) is 20.8 Å². The zero-order chi connectivity index (χ0) is 15.4. The van der Waals surface area contributed by atoms with Crippen molar-refractivity contribution in [3.63, 3.8) is 0 Å². The third-order valence-electron chi connectivity index (χ3n) is 4.66. The molecular formula is C16H22N2OS2. The van der Waals surface area contributed by atoms with Gasteiger partial charge in [0.15, 0.2) is 5.16 Å². The number of rotatable bonds is 1. The fraction of sp³-hybridized carbons (Fsp3) is 0.625. The van der Waals surface area contributed by atoms with Crippen LogP contribution in [0.5, 0.6) is 0 Å². The van der Waals surface area contributed by atoms with E-state index in [1.54, 1.807) is 15.9 Å². The van der Waals surface area contributed by atoms with Crippen LogP contribution in [-0.4, -0.2) is 15.8 Å². The van der Waals surface area contributed by atoms with E-state index in [4.69, 9.17) is 4.98 Å². The lowest BCUT2D eigenvalue weighted by Gasteiger charge is -2.33. The number of fused-ring (bicyclic) bond motifs is 3. The molecule has 0 N–H and O–H groups in total. The van der Waals surface area contributed by atoms with Gasteiger partial charge in [-0.05, 0) is 42.4 Å². The first kappa shape index (κ1) is 15.1. The van der Waals surface area contributed by atoms with E-state index < -0.39 is 0 Å². The van der Waals surface area contributed by atoms with Gasteiger partial charge in [0.1, 0.15) is 4.83 Å². The molecule has 114 valence electrons. The molecule has 0 saturated heterocycles. The SMILES string of the molecule is CSc1nc2sc3c(c2c(=O)n1C)CC[C@H](C(C)(C)C)C3. The Balaban J connectivity index is 2.16. The molecule has 0 aromatic carbocycles. The molecule has 21 heavy (non-hydrogen) atoms. The summed E-state index contributed by atoms with van der Waals surface area (Å²) in [7, 11) is 1.82. The van der Waals surface area contributed by atoms with E-state index >= 15 is 0 Å². The monoisotopic (exact) mass is 322 g/mol. The molecule has 0 radical (unpaired) electrons. The quantitative estimate of drug-likeness (QED) is 0.590. The van der Waals surface area contributed by atoms with E-state index in [0.29, 0.717) is 11.3 Å². The third-order valence-corrected chi connectivity index (χ3v) is 6.54. The smallest absolute Gasteiger partial charge is 0.262 e. The van der Waals surface area contributed by atoms with Crippen molar-refractivity contribution in [3.8, 4) is 0 Å². The molecule has 2 heterocycles. The molecule has 0 bridgehead atoms. The van der Waals surface area contributed by atoms with E-state index in [9.17, 15) is 4.79 Å². The van der Waals surface area contributed by atoms with Gasteiger partial charge in [0.2, 0.25) is 0 Å². The number of hydrogen-bond acceptors (Lipinski definition) is 4. The van der Waals surface area contributed by atoms with Crippen LogP contribution in [0.1, 0.15) is 37.6 Å². The first-order chi connectivity index (χ1) is 9.82. The van der Waals surface area contributed by atoms with E-state index in [-0.39, 0.29) is 5.56 Å². The van der Waals surface area contributed by atoms with Gasteiger partial charge in [-0.3, -0.25) is 9.36 Å². The zero-order valence-electron chi connectivity index (χ0n) is 13.3. The van der Waals surface area contributed by atoms with Gasteiger partial charge in [0, 0.05) is 11.9 Å². The third kappa shape index (κ3) is 2.44. The molecule has 1 atom stereocenters. The predicted molar refractivity (Wildman–Crippen MR) is 91.6 cm³/mol. The van der Waals surface area contributed by atoms with Crippen molar-refractivity contribution in [1.82, 2.24) is 9.55 Å². The second-order valence-electron chi connectivity index (χ2n) is 6.95. The number of nitrogens with zero attached hydrogens (tertiary/aromatic N) is 2. The Hall–Kier alpha value is -0.810. The van der Waals surface area contributed by atoms with E-state index in [1.165, 1.54) is 28.6 Å². The van der Waals surface area contributed by atoms with Crippen LogP contribution in [0.4, 0.5) is 0 Å². The normalized spacial score (nSPS) is 19.0. The van der Waals surface area contributed by atoms with Gasteiger partial charge in [0.25, 0.3) is 5.56 Å². The van der Waals surface area contributed by atoms with Crippen molar-refractivity contribution >= 4 is 33.3 Å². The van der Waals surface area contributed by atoms with Crippen molar-refractivity contribution in [2.45, 2.75) is 45.2 Å². The van der Waals surface area contributed by atoms with Crippen molar-refractivity contribution in [1.29, 1.82) is 0 Å². The summed E-state index contributed by atoms with van der Waals surface area (Å²) in [5.41, 5.74) is 1.73. The van der Waals surface area contributed by atoms with Crippen LogP contribution in [0.15, 0.2) is 9.95 Å². The minimum absolute atomic E-state index is 0.121. The molecule has 0 fully saturated rings. The van der Waals surface area contributed by atoms with Crippen LogP contribution < -0.4 is 5.56 Å². The fourth-order valence-corrected chi connectivity index (χ4v) is 5.10. The van der Waals surface area contributed by atoms with Crippen LogP contribution >= 0.6 is 23.1 Å². The molecule has 0 amide bonds. The topological polar surface area (TPSA) is 34.9 Å². The Morgan fingerprint density at radius 1 is 1.38 bits per heavy atom. The van der Waals surface area contributed by atoms with Crippen molar-refractivity contribution in [3.05, 3.63) is 20.8 Å². The Labute approximate surface area is 133 Å². The Kier molecular flexibility index (Phi) is 3.69. The lowest BCUT2D eigenvalue weighted by atomic mass is 9.72. The molecule has 0 aliphatic heterocycles. The van der Waals surface area contributed by atoms with Gasteiger partial charge in [-0.1, -0.05) is 32.5 Å². The van der Waals surface area contributed by atoms with Crippen molar-refractivity contribution in [2.24, 2.45) is 18.4 Å². The molecule has 0 unspecified atom stereocenters. The molecular weight excluding hydrogens is 300 g/mol. The largest absolute Gasteiger partial charge is 0.290 e.